The van der Waals surface area contributed by atoms with Crippen LogP contribution in [0.2, 0.25) is 0 Å². The van der Waals surface area contributed by atoms with Gasteiger partial charge < -0.3 is 5.32 Å². The molecule has 7 heteroatoms. The second kappa shape index (κ2) is 9.31. The standard InChI is InChI=1S/C24H28N4O3/c1-17-8-5-6-12-20(17)26-21(29)16-28-22-19(11-7-14-25-22)23(30)27(24(28)31)15-13-18-9-3-2-4-10-18/h2-6,8-10,12,19,22,25H,7,11,13-16H2,1H3,(H,26,29). The number of carbonyl (C=O) groups is 3. The molecule has 2 aliphatic rings. The molecule has 162 valence electrons. The summed E-state index contributed by atoms with van der Waals surface area (Å²) < 4.78 is 0. The first-order valence-corrected chi connectivity index (χ1v) is 10.8. The molecule has 2 aromatic rings. The third-order valence-corrected chi connectivity index (χ3v) is 6.02. The summed E-state index contributed by atoms with van der Waals surface area (Å²) in [6.07, 6.45) is 1.73. The number of amides is 4. The number of fused-ring (bicyclic) bond motifs is 1. The van der Waals surface area contributed by atoms with Crippen molar-refractivity contribution in [3.63, 3.8) is 0 Å². The van der Waals surface area contributed by atoms with Gasteiger partial charge >= 0.3 is 6.03 Å². The van der Waals surface area contributed by atoms with Crippen molar-refractivity contribution in [2.24, 2.45) is 5.92 Å². The van der Waals surface area contributed by atoms with Crippen LogP contribution in [0.25, 0.3) is 0 Å². The van der Waals surface area contributed by atoms with Crippen molar-refractivity contribution in [3.8, 4) is 0 Å². The van der Waals surface area contributed by atoms with Crippen LogP contribution >= 0.6 is 0 Å². The number of piperidine rings is 1. The van der Waals surface area contributed by atoms with Crippen molar-refractivity contribution in [1.29, 1.82) is 0 Å². The summed E-state index contributed by atoms with van der Waals surface area (Å²) in [4.78, 5) is 42.0. The molecule has 2 heterocycles. The zero-order chi connectivity index (χ0) is 21.8. The highest BCUT2D eigenvalue weighted by molar-refractivity contribution is 6.01. The number of para-hydroxylation sites is 1. The van der Waals surface area contributed by atoms with E-state index in [1.54, 1.807) is 0 Å². The summed E-state index contributed by atoms with van der Waals surface area (Å²) >= 11 is 0. The fourth-order valence-electron chi connectivity index (χ4n) is 4.34. The van der Waals surface area contributed by atoms with Gasteiger partial charge in [0.1, 0.15) is 6.54 Å². The Bertz CT molecular complexity index is 962. The van der Waals surface area contributed by atoms with E-state index in [4.69, 9.17) is 0 Å². The second-order valence-electron chi connectivity index (χ2n) is 8.15. The van der Waals surface area contributed by atoms with E-state index in [-0.39, 0.29) is 24.3 Å². The Morgan fingerprint density at radius 1 is 1.10 bits per heavy atom. The molecule has 0 saturated carbocycles. The van der Waals surface area contributed by atoms with Crippen LogP contribution in [-0.4, -0.2) is 53.4 Å². The number of nitrogens with zero attached hydrogens (tertiary/aromatic N) is 2. The van der Waals surface area contributed by atoms with Gasteiger partial charge in [-0.2, -0.15) is 0 Å². The molecule has 4 rings (SSSR count). The molecule has 31 heavy (non-hydrogen) atoms. The average Bonchev–Trinajstić information content (AvgIpc) is 2.79. The summed E-state index contributed by atoms with van der Waals surface area (Å²) in [5.41, 5.74) is 2.74. The fraction of sp³-hybridized carbons (Fsp3) is 0.375. The molecular weight excluding hydrogens is 392 g/mol. The monoisotopic (exact) mass is 420 g/mol. The smallest absolute Gasteiger partial charge is 0.324 e. The lowest BCUT2D eigenvalue weighted by atomic mass is 9.91. The summed E-state index contributed by atoms with van der Waals surface area (Å²) in [7, 11) is 0. The first-order valence-electron chi connectivity index (χ1n) is 10.8. The van der Waals surface area contributed by atoms with Gasteiger partial charge in [-0.1, -0.05) is 48.5 Å². The van der Waals surface area contributed by atoms with Crippen LogP contribution < -0.4 is 10.6 Å². The number of aryl methyl sites for hydroxylation is 1. The van der Waals surface area contributed by atoms with Crippen molar-refractivity contribution in [2.45, 2.75) is 32.4 Å². The van der Waals surface area contributed by atoms with E-state index >= 15 is 0 Å². The minimum atomic E-state index is -0.440. The lowest BCUT2D eigenvalue weighted by Crippen LogP contribution is -2.68. The van der Waals surface area contributed by atoms with Crippen molar-refractivity contribution >= 4 is 23.5 Å². The van der Waals surface area contributed by atoms with Crippen LogP contribution in [-0.2, 0) is 16.0 Å². The maximum absolute atomic E-state index is 13.3. The van der Waals surface area contributed by atoms with Gasteiger partial charge in [-0.3, -0.25) is 24.7 Å². The molecule has 2 unspecified atom stereocenters. The van der Waals surface area contributed by atoms with Gasteiger partial charge in [-0.25, -0.2) is 4.79 Å². The van der Waals surface area contributed by atoms with E-state index in [0.717, 1.165) is 29.8 Å². The van der Waals surface area contributed by atoms with Crippen LogP contribution in [0, 0.1) is 12.8 Å². The van der Waals surface area contributed by atoms with Gasteiger partial charge in [0.15, 0.2) is 0 Å². The van der Waals surface area contributed by atoms with Crippen LogP contribution in [0.15, 0.2) is 54.6 Å². The molecular formula is C24H28N4O3. The van der Waals surface area contributed by atoms with E-state index in [2.05, 4.69) is 10.6 Å². The number of imide groups is 1. The summed E-state index contributed by atoms with van der Waals surface area (Å²) in [5.74, 6) is -0.742. The third kappa shape index (κ3) is 4.61. The molecule has 2 fully saturated rings. The molecule has 2 N–H and O–H groups in total. The van der Waals surface area contributed by atoms with Gasteiger partial charge in [0.25, 0.3) is 0 Å². The van der Waals surface area contributed by atoms with E-state index in [9.17, 15) is 14.4 Å². The number of anilines is 1. The number of rotatable bonds is 6. The maximum Gasteiger partial charge on any atom is 0.328 e. The first kappa shape index (κ1) is 21.1. The van der Waals surface area contributed by atoms with Gasteiger partial charge in [0.05, 0.1) is 12.1 Å². The number of hydrogen-bond donors (Lipinski definition) is 2. The highest BCUT2D eigenvalue weighted by Crippen LogP contribution is 2.28. The van der Waals surface area contributed by atoms with Crippen LogP contribution in [0.4, 0.5) is 10.5 Å². The summed E-state index contributed by atoms with van der Waals surface area (Å²) in [6, 6.07) is 16.9. The Balaban J connectivity index is 1.50. The second-order valence-corrected chi connectivity index (χ2v) is 8.15. The molecule has 2 atom stereocenters. The van der Waals surface area contributed by atoms with Crippen molar-refractivity contribution in [1.82, 2.24) is 15.1 Å². The van der Waals surface area contributed by atoms with Gasteiger partial charge in [-0.15, -0.1) is 0 Å². The molecule has 0 radical (unpaired) electrons. The molecule has 4 amide bonds. The highest BCUT2D eigenvalue weighted by Gasteiger charge is 2.47. The Morgan fingerprint density at radius 2 is 1.84 bits per heavy atom. The largest absolute Gasteiger partial charge is 0.328 e. The molecule has 7 nitrogen and oxygen atoms in total. The quantitative estimate of drug-likeness (QED) is 0.753. The van der Waals surface area contributed by atoms with E-state index < -0.39 is 12.2 Å². The molecule has 0 aliphatic carbocycles. The van der Waals surface area contributed by atoms with Crippen LogP contribution in [0.3, 0.4) is 0 Å². The zero-order valence-corrected chi connectivity index (χ0v) is 17.7. The van der Waals surface area contributed by atoms with Gasteiger partial charge in [0, 0.05) is 12.2 Å². The predicted molar refractivity (Wildman–Crippen MR) is 118 cm³/mol. The Kier molecular flexibility index (Phi) is 6.32. The Hall–Kier alpha value is -3.19. The maximum atomic E-state index is 13.3. The lowest BCUT2D eigenvalue weighted by molar-refractivity contribution is -0.142. The topological polar surface area (TPSA) is 81.8 Å². The van der Waals surface area contributed by atoms with Crippen molar-refractivity contribution in [2.75, 3.05) is 25.0 Å². The van der Waals surface area contributed by atoms with Crippen LogP contribution in [0.1, 0.15) is 24.0 Å². The van der Waals surface area contributed by atoms with Crippen molar-refractivity contribution < 1.29 is 14.4 Å². The fourth-order valence-corrected chi connectivity index (χ4v) is 4.34. The lowest BCUT2D eigenvalue weighted by Gasteiger charge is -2.46. The van der Waals surface area contributed by atoms with E-state index in [1.165, 1.54) is 9.80 Å². The zero-order valence-electron chi connectivity index (χ0n) is 17.7. The number of carbonyl (C=O) groups excluding carboxylic acids is 3. The molecule has 0 aromatic heterocycles. The molecule has 0 spiro atoms. The van der Waals surface area contributed by atoms with Crippen molar-refractivity contribution in [3.05, 3.63) is 65.7 Å². The predicted octanol–water partition coefficient (Wildman–Crippen LogP) is 2.77. The minimum absolute atomic E-state index is 0.101. The molecule has 0 bridgehead atoms. The number of hydrogen-bond acceptors (Lipinski definition) is 4. The molecule has 2 aliphatic heterocycles. The van der Waals surface area contributed by atoms with E-state index in [0.29, 0.717) is 19.4 Å². The summed E-state index contributed by atoms with van der Waals surface area (Å²) in [5, 5.41) is 6.18. The molecule has 2 aromatic carbocycles. The van der Waals surface area contributed by atoms with Crippen LogP contribution in [0.5, 0.6) is 0 Å². The number of urea groups is 1. The normalized spacial score (nSPS) is 21.1. The van der Waals surface area contributed by atoms with Gasteiger partial charge in [-0.05, 0) is 49.9 Å². The molecule has 2 saturated heterocycles. The number of nitrogens with one attached hydrogen (secondary N) is 2. The minimum Gasteiger partial charge on any atom is -0.324 e. The summed E-state index contributed by atoms with van der Waals surface area (Å²) in [6.45, 7) is 2.85. The number of benzene rings is 2. The SMILES string of the molecule is Cc1ccccc1NC(=O)CN1C(=O)N(CCc2ccccc2)C(=O)C2CCCNC21. The highest BCUT2D eigenvalue weighted by atomic mass is 16.2. The van der Waals surface area contributed by atoms with E-state index in [1.807, 2.05) is 61.5 Å². The average molecular weight is 421 g/mol. The van der Waals surface area contributed by atoms with Gasteiger partial charge in [0.2, 0.25) is 11.8 Å². The first-order chi connectivity index (χ1) is 15.0. The Morgan fingerprint density at radius 3 is 2.61 bits per heavy atom. The third-order valence-electron chi connectivity index (χ3n) is 6.02. The Labute approximate surface area is 182 Å².